The average molecular weight is 315 g/mol. The van der Waals surface area contributed by atoms with Crippen LogP contribution in [0.1, 0.15) is 31.6 Å². The van der Waals surface area contributed by atoms with Crippen LogP contribution in [0.4, 0.5) is 14.7 Å². The van der Waals surface area contributed by atoms with E-state index in [1.165, 1.54) is 6.07 Å². The number of imidazole rings is 1. The zero-order chi connectivity index (χ0) is 16.1. The second kappa shape index (κ2) is 4.97. The van der Waals surface area contributed by atoms with Gasteiger partial charge in [0, 0.05) is 18.0 Å². The van der Waals surface area contributed by atoms with Gasteiger partial charge in [0.05, 0.1) is 11.7 Å². The second-order valence-corrected chi connectivity index (χ2v) is 5.75. The maximum Gasteiger partial charge on any atom is 0.220 e. The highest BCUT2D eigenvalue weighted by molar-refractivity contribution is 5.83. The summed E-state index contributed by atoms with van der Waals surface area (Å²) in [5, 5.41) is 0. The van der Waals surface area contributed by atoms with Crippen LogP contribution in [-0.2, 0) is 6.42 Å². The smallest absolute Gasteiger partial charge is 0.220 e. The zero-order valence-corrected chi connectivity index (χ0v) is 12.6. The Bertz CT molecular complexity index is 918. The molecule has 1 aromatic carbocycles. The number of nitrogens with two attached hydrogens (primary N) is 1. The molecule has 4 rings (SSSR count). The van der Waals surface area contributed by atoms with Gasteiger partial charge in [0.1, 0.15) is 17.0 Å². The summed E-state index contributed by atoms with van der Waals surface area (Å²) in [6.07, 6.45) is 3.76. The van der Waals surface area contributed by atoms with Crippen molar-refractivity contribution in [2.75, 3.05) is 5.73 Å². The molecule has 118 valence electrons. The van der Waals surface area contributed by atoms with Crippen molar-refractivity contribution >= 4 is 17.0 Å². The first-order valence-electron chi connectivity index (χ1n) is 7.57. The lowest BCUT2D eigenvalue weighted by Gasteiger charge is -2.12. The highest BCUT2D eigenvalue weighted by Crippen LogP contribution is 2.35. The Morgan fingerprint density at radius 1 is 1.26 bits per heavy atom. The Labute approximate surface area is 131 Å². The molecule has 0 amide bonds. The lowest BCUT2D eigenvalue weighted by Crippen LogP contribution is -2.03. The Morgan fingerprint density at radius 3 is 2.87 bits per heavy atom. The summed E-state index contributed by atoms with van der Waals surface area (Å²) < 4.78 is 30.5. The number of halogens is 2. The average Bonchev–Trinajstić information content (AvgIpc) is 3.09. The van der Waals surface area contributed by atoms with E-state index in [0.29, 0.717) is 22.6 Å². The quantitative estimate of drug-likeness (QED) is 0.788. The van der Waals surface area contributed by atoms with Crippen LogP contribution >= 0.6 is 0 Å². The van der Waals surface area contributed by atoms with E-state index in [1.54, 1.807) is 6.07 Å². The molecule has 0 saturated carbocycles. The standard InChI is InChI=1S/C16H15F2N5/c1-2-9-3-4-13-21-15-10(17)5-8(6-12(15)23(9)13)14-11(18)7-20-16(19)22-14/h5-7,9H,2-4H2,1H3,(H2,19,20,22). The van der Waals surface area contributed by atoms with Gasteiger partial charge in [-0.15, -0.1) is 0 Å². The topological polar surface area (TPSA) is 69.6 Å². The van der Waals surface area contributed by atoms with Crippen molar-refractivity contribution in [3.8, 4) is 11.3 Å². The van der Waals surface area contributed by atoms with Crippen LogP contribution in [0.25, 0.3) is 22.3 Å². The summed E-state index contributed by atoms with van der Waals surface area (Å²) in [7, 11) is 0. The number of nitrogens with zero attached hydrogens (tertiary/aromatic N) is 4. The highest BCUT2D eigenvalue weighted by atomic mass is 19.1. The third-order valence-electron chi connectivity index (χ3n) is 4.40. The van der Waals surface area contributed by atoms with Gasteiger partial charge in [0.25, 0.3) is 0 Å². The molecular weight excluding hydrogens is 300 g/mol. The molecule has 2 N–H and O–H groups in total. The second-order valence-electron chi connectivity index (χ2n) is 5.75. The van der Waals surface area contributed by atoms with Crippen molar-refractivity contribution in [2.45, 2.75) is 32.2 Å². The third kappa shape index (κ3) is 2.07. The van der Waals surface area contributed by atoms with Gasteiger partial charge >= 0.3 is 0 Å². The molecular formula is C16H15F2N5. The number of hydrogen-bond donors (Lipinski definition) is 1. The summed E-state index contributed by atoms with van der Waals surface area (Å²) in [6.45, 7) is 2.09. The molecule has 0 spiro atoms. The molecule has 1 aliphatic heterocycles. The lowest BCUT2D eigenvalue weighted by atomic mass is 10.1. The molecule has 3 heterocycles. The normalized spacial score (nSPS) is 16.9. The van der Waals surface area contributed by atoms with Crippen molar-refractivity contribution < 1.29 is 8.78 Å². The van der Waals surface area contributed by atoms with Crippen molar-refractivity contribution in [1.29, 1.82) is 0 Å². The Kier molecular flexibility index (Phi) is 3.04. The summed E-state index contributed by atoms with van der Waals surface area (Å²) in [6, 6.07) is 3.27. The molecule has 0 fully saturated rings. The van der Waals surface area contributed by atoms with E-state index in [-0.39, 0.29) is 11.6 Å². The molecule has 23 heavy (non-hydrogen) atoms. The van der Waals surface area contributed by atoms with E-state index in [1.807, 2.05) is 0 Å². The minimum absolute atomic E-state index is 0.0000968. The van der Waals surface area contributed by atoms with Crippen molar-refractivity contribution in [1.82, 2.24) is 19.5 Å². The van der Waals surface area contributed by atoms with Gasteiger partial charge in [-0.05, 0) is 25.0 Å². The fraction of sp³-hybridized carbons (Fsp3) is 0.312. The van der Waals surface area contributed by atoms with Gasteiger partial charge < -0.3 is 10.3 Å². The monoisotopic (exact) mass is 315 g/mol. The van der Waals surface area contributed by atoms with Gasteiger partial charge in [-0.2, -0.15) is 0 Å². The van der Waals surface area contributed by atoms with Crippen molar-refractivity contribution in [3.63, 3.8) is 0 Å². The third-order valence-corrected chi connectivity index (χ3v) is 4.40. The van der Waals surface area contributed by atoms with Crippen molar-refractivity contribution in [2.24, 2.45) is 0 Å². The van der Waals surface area contributed by atoms with E-state index < -0.39 is 11.6 Å². The first-order valence-corrected chi connectivity index (χ1v) is 7.57. The van der Waals surface area contributed by atoms with Gasteiger partial charge in [-0.3, -0.25) is 0 Å². The number of benzene rings is 1. The number of aromatic nitrogens is 4. The van der Waals surface area contributed by atoms with Crippen LogP contribution in [0.2, 0.25) is 0 Å². The van der Waals surface area contributed by atoms with Crippen LogP contribution in [0.3, 0.4) is 0 Å². The number of nitrogen functional groups attached to an aromatic ring is 1. The maximum atomic E-state index is 14.5. The van der Waals surface area contributed by atoms with Crippen LogP contribution in [0.15, 0.2) is 18.3 Å². The van der Waals surface area contributed by atoms with Crippen LogP contribution in [-0.4, -0.2) is 19.5 Å². The SMILES string of the molecule is CCC1CCc2nc3c(F)cc(-c4nc(N)ncc4F)cc3n21. The van der Waals surface area contributed by atoms with Crippen LogP contribution < -0.4 is 5.73 Å². The number of rotatable bonds is 2. The fourth-order valence-electron chi connectivity index (χ4n) is 3.32. The Balaban J connectivity index is 1.98. The molecule has 5 nitrogen and oxygen atoms in total. The Hall–Kier alpha value is -2.57. The van der Waals surface area contributed by atoms with Gasteiger partial charge in [-0.1, -0.05) is 6.92 Å². The highest BCUT2D eigenvalue weighted by Gasteiger charge is 2.26. The summed E-state index contributed by atoms with van der Waals surface area (Å²) >= 11 is 0. The van der Waals surface area contributed by atoms with E-state index in [9.17, 15) is 8.78 Å². The zero-order valence-electron chi connectivity index (χ0n) is 12.6. The minimum atomic E-state index is -0.633. The lowest BCUT2D eigenvalue weighted by molar-refractivity contribution is 0.524. The maximum absolute atomic E-state index is 14.5. The molecule has 0 aliphatic carbocycles. The molecule has 0 radical (unpaired) electrons. The van der Waals surface area contributed by atoms with E-state index >= 15 is 0 Å². The van der Waals surface area contributed by atoms with Gasteiger partial charge in [-0.25, -0.2) is 23.7 Å². The van der Waals surface area contributed by atoms with Gasteiger partial charge in [0.15, 0.2) is 11.6 Å². The molecule has 2 aromatic heterocycles. The predicted octanol–water partition coefficient (Wildman–Crippen LogP) is 3.25. The summed E-state index contributed by atoms with van der Waals surface area (Å²) in [4.78, 5) is 11.9. The van der Waals surface area contributed by atoms with Crippen molar-refractivity contribution in [3.05, 3.63) is 35.8 Å². The molecule has 0 saturated heterocycles. The molecule has 1 aliphatic rings. The minimum Gasteiger partial charge on any atom is -0.368 e. The van der Waals surface area contributed by atoms with E-state index in [0.717, 1.165) is 31.3 Å². The number of anilines is 1. The first-order chi connectivity index (χ1) is 11.1. The number of aryl methyl sites for hydroxylation is 1. The van der Waals surface area contributed by atoms with E-state index in [2.05, 4.69) is 26.4 Å². The molecule has 3 aromatic rings. The fourth-order valence-corrected chi connectivity index (χ4v) is 3.32. The van der Waals surface area contributed by atoms with E-state index in [4.69, 9.17) is 5.73 Å². The largest absolute Gasteiger partial charge is 0.368 e. The van der Waals surface area contributed by atoms with Crippen LogP contribution in [0.5, 0.6) is 0 Å². The first kappa shape index (κ1) is 14.0. The molecule has 1 unspecified atom stereocenters. The molecule has 0 bridgehead atoms. The number of hydrogen-bond acceptors (Lipinski definition) is 4. The summed E-state index contributed by atoms with van der Waals surface area (Å²) in [5.41, 5.74) is 6.87. The Morgan fingerprint density at radius 2 is 2.09 bits per heavy atom. The summed E-state index contributed by atoms with van der Waals surface area (Å²) in [5.74, 6) is -0.283. The number of fused-ring (bicyclic) bond motifs is 3. The predicted molar refractivity (Wildman–Crippen MR) is 82.7 cm³/mol. The van der Waals surface area contributed by atoms with Crippen LogP contribution in [0, 0.1) is 11.6 Å². The van der Waals surface area contributed by atoms with Gasteiger partial charge in [0.2, 0.25) is 5.95 Å². The molecule has 7 heteroatoms. The molecule has 1 atom stereocenters.